The maximum Gasteiger partial charge on any atom is 0.199 e. The normalized spacial score (nSPS) is 42.7. The van der Waals surface area contributed by atoms with E-state index >= 15 is 0 Å². The Kier molecular flexibility index (Phi) is 1.64. The van der Waals surface area contributed by atoms with Gasteiger partial charge in [0.15, 0.2) is 6.29 Å². The lowest BCUT2D eigenvalue weighted by atomic mass is 9.88. The van der Waals surface area contributed by atoms with E-state index in [0.29, 0.717) is 11.8 Å². The highest BCUT2D eigenvalue weighted by atomic mass is 16.6. The lowest BCUT2D eigenvalue weighted by Crippen LogP contribution is -2.29. The minimum Gasteiger partial charge on any atom is -0.472 e. The number of hydrogen-bond donors (Lipinski definition) is 1. The molecule has 1 heterocycles. The van der Waals surface area contributed by atoms with Crippen molar-refractivity contribution in [2.24, 2.45) is 11.8 Å². The maximum absolute atomic E-state index is 9.43. The first kappa shape index (κ1) is 7.17. The zero-order chi connectivity index (χ0) is 7.84. The van der Waals surface area contributed by atoms with Crippen molar-refractivity contribution in [3.05, 3.63) is 11.8 Å². The molecule has 1 aliphatic heterocycles. The van der Waals surface area contributed by atoms with Crippen LogP contribution in [-0.2, 0) is 4.74 Å². The van der Waals surface area contributed by atoms with Crippen LogP contribution in [0.1, 0.15) is 26.2 Å². The summed E-state index contributed by atoms with van der Waals surface area (Å²) in [5.74, 6) is 0.971. The van der Waals surface area contributed by atoms with Crippen LogP contribution in [0.3, 0.4) is 0 Å². The van der Waals surface area contributed by atoms with Gasteiger partial charge in [0, 0.05) is 5.92 Å². The van der Waals surface area contributed by atoms with Crippen LogP contribution < -0.4 is 0 Å². The van der Waals surface area contributed by atoms with Crippen molar-refractivity contribution < 1.29 is 9.84 Å². The average Bonchev–Trinajstić information content (AvgIpc) is 2.45. The third-order valence-electron chi connectivity index (χ3n) is 2.91. The largest absolute Gasteiger partial charge is 0.472 e. The van der Waals surface area contributed by atoms with Gasteiger partial charge in [-0.25, -0.2) is 0 Å². The number of ether oxygens (including phenoxy) is 1. The molecular formula is C9H14O2. The van der Waals surface area contributed by atoms with Gasteiger partial charge < -0.3 is 9.84 Å². The fourth-order valence-electron chi connectivity index (χ4n) is 2.26. The monoisotopic (exact) mass is 154 g/mol. The van der Waals surface area contributed by atoms with Crippen LogP contribution in [0.4, 0.5) is 0 Å². The number of allylic oxidation sites excluding steroid dienone is 1. The van der Waals surface area contributed by atoms with Crippen molar-refractivity contribution in [2.75, 3.05) is 0 Å². The molecule has 1 N–H and O–H groups in total. The van der Waals surface area contributed by atoms with Gasteiger partial charge in [0.2, 0.25) is 0 Å². The molecule has 0 bridgehead atoms. The van der Waals surface area contributed by atoms with E-state index in [1.807, 2.05) is 0 Å². The molecule has 11 heavy (non-hydrogen) atoms. The van der Waals surface area contributed by atoms with Gasteiger partial charge in [0.1, 0.15) is 0 Å². The van der Waals surface area contributed by atoms with Gasteiger partial charge in [-0.1, -0.05) is 6.42 Å². The third kappa shape index (κ3) is 1.06. The number of fused-ring (bicyclic) bond motifs is 1. The minimum atomic E-state index is -0.536. The van der Waals surface area contributed by atoms with Crippen molar-refractivity contribution in [1.82, 2.24) is 0 Å². The topological polar surface area (TPSA) is 29.5 Å². The standard InChI is InChI=1S/C9H14O2/c1-6-5-11-9(10)8-4-2-3-7(6)8/h5,7-10H,2-4H2,1H3. The molecule has 0 spiro atoms. The van der Waals surface area contributed by atoms with Gasteiger partial charge in [-0.2, -0.15) is 0 Å². The van der Waals surface area contributed by atoms with Gasteiger partial charge >= 0.3 is 0 Å². The van der Waals surface area contributed by atoms with Crippen LogP contribution in [0.25, 0.3) is 0 Å². The molecule has 0 aromatic carbocycles. The summed E-state index contributed by atoms with van der Waals surface area (Å²) in [4.78, 5) is 0. The quantitative estimate of drug-likeness (QED) is 0.575. The molecule has 1 aliphatic carbocycles. The molecular weight excluding hydrogens is 140 g/mol. The smallest absolute Gasteiger partial charge is 0.199 e. The van der Waals surface area contributed by atoms with Gasteiger partial charge in [-0.05, 0) is 31.3 Å². The Hall–Kier alpha value is -0.500. The van der Waals surface area contributed by atoms with Gasteiger partial charge in [-0.3, -0.25) is 0 Å². The molecule has 0 amide bonds. The number of rotatable bonds is 0. The Labute approximate surface area is 66.9 Å². The van der Waals surface area contributed by atoms with E-state index in [1.54, 1.807) is 6.26 Å². The Morgan fingerprint density at radius 3 is 3.09 bits per heavy atom. The minimum absolute atomic E-state index is 0.375. The van der Waals surface area contributed by atoms with Crippen molar-refractivity contribution in [2.45, 2.75) is 32.5 Å². The average molecular weight is 154 g/mol. The first-order chi connectivity index (χ1) is 5.29. The summed E-state index contributed by atoms with van der Waals surface area (Å²) in [6.45, 7) is 2.09. The molecule has 0 radical (unpaired) electrons. The van der Waals surface area contributed by atoms with Crippen molar-refractivity contribution >= 4 is 0 Å². The second-order valence-electron chi connectivity index (χ2n) is 3.59. The van der Waals surface area contributed by atoms with E-state index in [0.717, 1.165) is 6.42 Å². The van der Waals surface area contributed by atoms with E-state index < -0.39 is 6.29 Å². The summed E-state index contributed by atoms with van der Waals surface area (Å²) in [5.41, 5.74) is 1.30. The summed E-state index contributed by atoms with van der Waals surface area (Å²) in [5, 5.41) is 9.43. The second-order valence-corrected chi connectivity index (χ2v) is 3.59. The van der Waals surface area contributed by atoms with Crippen LogP contribution in [0.5, 0.6) is 0 Å². The predicted octanol–water partition coefficient (Wildman–Crippen LogP) is 1.66. The molecule has 2 aliphatic rings. The molecule has 3 unspecified atom stereocenters. The summed E-state index contributed by atoms with van der Waals surface area (Å²) < 4.78 is 5.10. The predicted molar refractivity (Wildman–Crippen MR) is 41.7 cm³/mol. The van der Waals surface area contributed by atoms with Crippen LogP contribution in [0.2, 0.25) is 0 Å². The summed E-state index contributed by atoms with van der Waals surface area (Å²) in [6.07, 6.45) is 4.77. The van der Waals surface area contributed by atoms with Crippen molar-refractivity contribution in [3.63, 3.8) is 0 Å². The van der Waals surface area contributed by atoms with Crippen LogP contribution >= 0.6 is 0 Å². The molecule has 62 valence electrons. The van der Waals surface area contributed by atoms with Crippen LogP contribution in [-0.4, -0.2) is 11.4 Å². The molecule has 2 heteroatoms. The van der Waals surface area contributed by atoms with Gasteiger partial charge in [0.05, 0.1) is 6.26 Å². The summed E-state index contributed by atoms with van der Waals surface area (Å²) >= 11 is 0. The fraction of sp³-hybridized carbons (Fsp3) is 0.778. The Balaban J connectivity index is 2.20. The molecule has 3 atom stereocenters. The second kappa shape index (κ2) is 2.52. The zero-order valence-corrected chi connectivity index (χ0v) is 6.79. The Morgan fingerprint density at radius 2 is 2.36 bits per heavy atom. The number of aliphatic hydroxyl groups excluding tert-OH is 1. The van der Waals surface area contributed by atoms with E-state index in [9.17, 15) is 5.11 Å². The molecule has 1 saturated carbocycles. The van der Waals surface area contributed by atoms with Gasteiger partial charge in [-0.15, -0.1) is 0 Å². The highest BCUT2D eigenvalue weighted by molar-refractivity contribution is 5.08. The van der Waals surface area contributed by atoms with Crippen molar-refractivity contribution in [1.29, 1.82) is 0 Å². The lowest BCUT2D eigenvalue weighted by Gasteiger charge is -2.29. The third-order valence-corrected chi connectivity index (χ3v) is 2.91. The molecule has 0 saturated heterocycles. The first-order valence-corrected chi connectivity index (χ1v) is 4.29. The number of aliphatic hydroxyl groups is 1. The highest BCUT2D eigenvalue weighted by Gasteiger charge is 2.37. The fourth-order valence-corrected chi connectivity index (χ4v) is 2.26. The van der Waals surface area contributed by atoms with Crippen molar-refractivity contribution in [3.8, 4) is 0 Å². The van der Waals surface area contributed by atoms with Crippen LogP contribution in [0.15, 0.2) is 11.8 Å². The Morgan fingerprint density at radius 1 is 1.55 bits per heavy atom. The molecule has 2 rings (SSSR count). The van der Waals surface area contributed by atoms with E-state index in [1.165, 1.54) is 18.4 Å². The van der Waals surface area contributed by atoms with E-state index in [-0.39, 0.29) is 0 Å². The SMILES string of the molecule is CC1=COC(O)C2CCCC12. The first-order valence-electron chi connectivity index (χ1n) is 4.29. The van der Waals surface area contributed by atoms with Crippen LogP contribution in [0, 0.1) is 11.8 Å². The molecule has 1 fully saturated rings. The lowest BCUT2D eigenvalue weighted by molar-refractivity contribution is -0.111. The number of hydrogen-bond acceptors (Lipinski definition) is 2. The highest BCUT2D eigenvalue weighted by Crippen LogP contribution is 2.41. The van der Waals surface area contributed by atoms with Gasteiger partial charge in [0.25, 0.3) is 0 Å². The Bertz CT molecular complexity index is 186. The maximum atomic E-state index is 9.43. The zero-order valence-electron chi connectivity index (χ0n) is 6.79. The molecule has 0 aromatic heterocycles. The van der Waals surface area contributed by atoms with E-state index in [2.05, 4.69) is 6.92 Å². The van der Waals surface area contributed by atoms with E-state index in [4.69, 9.17) is 4.74 Å². The summed E-state index contributed by atoms with van der Waals surface area (Å²) in [7, 11) is 0. The molecule has 0 aromatic rings. The summed E-state index contributed by atoms with van der Waals surface area (Å²) in [6, 6.07) is 0. The molecule has 2 nitrogen and oxygen atoms in total.